The van der Waals surface area contributed by atoms with Gasteiger partial charge in [0.15, 0.2) is 0 Å². The fourth-order valence-electron chi connectivity index (χ4n) is 2.17. The minimum atomic E-state index is -0.543. The van der Waals surface area contributed by atoms with Crippen molar-refractivity contribution in [3.05, 3.63) is 28.2 Å². The van der Waals surface area contributed by atoms with Gasteiger partial charge >= 0.3 is 6.03 Å². The lowest BCUT2D eigenvalue weighted by Crippen LogP contribution is -2.60. The number of benzene rings is 1. The predicted molar refractivity (Wildman–Crippen MR) is 82.9 cm³/mol. The van der Waals surface area contributed by atoms with Gasteiger partial charge in [-0.1, -0.05) is 23.2 Å². The van der Waals surface area contributed by atoms with E-state index in [4.69, 9.17) is 23.2 Å². The summed E-state index contributed by atoms with van der Waals surface area (Å²) in [5.74, 6) is -0.207. The zero-order valence-corrected chi connectivity index (χ0v) is 13.0. The van der Waals surface area contributed by atoms with E-state index in [0.717, 1.165) is 0 Å². The molecule has 0 aliphatic carbocycles. The fraction of sp³-hybridized carbons (Fsp3) is 0.385. The molecular weight excluding hydrogens is 315 g/mol. The molecule has 1 saturated heterocycles. The third-order valence-corrected chi connectivity index (χ3v) is 3.60. The molecule has 1 unspecified atom stereocenters. The van der Waals surface area contributed by atoms with Gasteiger partial charge < -0.3 is 20.9 Å². The van der Waals surface area contributed by atoms with Crippen molar-refractivity contribution in [2.45, 2.75) is 6.04 Å². The first-order chi connectivity index (χ1) is 10.0. The van der Waals surface area contributed by atoms with Crippen LogP contribution in [0.3, 0.4) is 0 Å². The van der Waals surface area contributed by atoms with Crippen LogP contribution in [0.15, 0.2) is 18.2 Å². The van der Waals surface area contributed by atoms with Crippen molar-refractivity contribution < 1.29 is 9.59 Å². The van der Waals surface area contributed by atoms with E-state index in [1.54, 1.807) is 25.2 Å². The molecule has 1 heterocycles. The van der Waals surface area contributed by atoms with E-state index in [1.165, 1.54) is 4.90 Å². The molecule has 1 aromatic rings. The van der Waals surface area contributed by atoms with Gasteiger partial charge in [-0.2, -0.15) is 0 Å². The number of rotatable bonds is 2. The highest BCUT2D eigenvalue weighted by Gasteiger charge is 2.31. The van der Waals surface area contributed by atoms with Crippen LogP contribution in [0.5, 0.6) is 0 Å². The molecular formula is C13H16Cl2N4O2. The van der Waals surface area contributed by atoms with Crippen molar-refractivity contribution in [3.63, 3.8) is 0 Å². The number of nitrogens with zero attached hydrogens (tertiary/aromatic N) is 1. The number of anilines is 1. The maximum Gasteiger partial charge on any atom is 0.322 e. The molecule has 0 aromatic heterocycles. The Morgan fingerprint density at radius 1 is 1.29 bits per heavy atom. The number of carbonyl (C=O) groups excluding carboxylic acids is 2. The molecule has 21 heavy (non-hydrogen) atoms. The summed E-state index contributed by atoms with van der Waals surface area (Å²) >= 11 is 11.8. The number of amides is 3. The lowest BCUT2D eigenvalue weighted by Gasteiger charge is -2.34. The maximum atomic E-state index is 12.3. The standard InChI is InChI=1S/C13H16Cl2N4O2/c1-16-12(20)11-7-17-2-3-19(11)13(21)18-10-5-8(14)4-9(15)6-10/h4-6,11,17H,2-3,7H2,1H3,(H,16,20)(H,18,21). The summed E-state index contributed by atoms with van der Waals surface area (Å²) < 4.78 is 0. The molecule has 0 radical (unpaired) electrons. The first-order valence-corrected chi connectivity index (χ1v) is 7.23. The molecule has 1 atom stereocenters. The highest BCUT2D eigenvalue weighted by atomic mass is 35.5. The van der Waals surface area contributed by atoms with Gasteiger partial charge in [0, 0.05) is 42.4 Å². The molecule has 1 fully saturated rings. The monoisotopic (exact) mass is 330 g/mol. The van der Waals surface area contributed by atoms with Gasteiger partial charge in [-0.15, -0.1) is 0 Å². The summed E-state index contributed by atoms with van der Waals surface area (Å²) in [4.78, 5) is 25.7. The number of halogens is 2. The number of nitrogens with one attached hydrogen (secondary N) is 3. The number of carbonyl (C=O) groups is 2. The van der Waals surface area contributed by atoms with E-state index in [1.807, 2.05) is 0 Å². The molecule has 2 rings (SSSR count). The second-order valence-corrected chi connectivity index (χ2v) is 5.49. The number of hydrogen-bond donors (Lipinski definition) is 3. The number of likely N-dealkylation sites (N-methyl/N-ethyl adjacent to an activating group) is 1. The van der Waals surface area contributed by atoms with Crippen molar-refractivity contribution in [2.75, 3.05) is 32.0 Å². The van der Waals surface area contributed by atoms with Gasteiger partial charge in [0.25, 0.3) is 0 Å². The van der Waals surface area contributed by atoms with Gasteiger partial charge in [0.1, 0.15) is 6.04 Å². The Morgan fingerprint density at radius 3 is 2.57 bits per heavy atom. The summed E-state index contributed by atoms with van der Waals surface area (Å²) in [6.07, 6.45) is 0. The van der Waals surface area contributed by atoms with Crippen LogP contribution in [0.1, 0.15) is 0 Å². The van der Waals surface area contributed by atoms with Crippen LogP contribution in [-0.4, -0.2) is 49.6 Å². The summed E-state index contributed by atoms with van der Waals surface area (Å²) in [6, 6.07) is 3.88. The molecule has 0 bridgehead atoms. The quantitative estimate of drug-likeness (QED) is 0.770. The zero-order valence-electron chi connectivity index (χ0n) is 11.5. The molecule has 6 nitrogen and oxygen atoms in total. The van der Waals surface area contributed by atoms with Crippen molar-refractivity contribution in [1.29, 1.82) is 0 Å². The number of piperazine rings is 1. The van der Waals surface area contributed by atoms with Crippen molar-refractivity contribution >= 4 is 40.8 Å². The van der Waals surface area contributed by atoms with Crippen molar-refractivity contribution in [3.8, 4) is 0 Å². The minimum Gasteiger partial charge on any atom is -0.357 e. The van der Waals surface area contributed by atoms with Crippen molar-refractivity contribution in [1.82, 2.24) is 15.5 Å². The van der Waals surface area contributed by atoms with E-state index in [2.05, 4.69) is 16.0 Å². The Morgan fingerprint density at radius 2 is 1.95 bits per heavy atom. The predicted octanol–water partition coefficient (Wildman–Crippen LogP) is 1.55. The molecule has 3 N–H and O–H groups in total. The Labute approximate surface area is 132 Å². The van der Waals surface area contributed by atoms with Gasteiger partial charge in [-0.3, -0.25) is 4.79 Å². The second-order valence-electron chi connectivity index (χ2n) is 4.62. The van der Waals surface area contributed by atoms with E-state index >= 15 is 0 Å². The zero-order chi connectivity index (χ0) is 15.4. The average molecular weight is 331 g/mol. The third kappa shape index (κ3) is 4.00. The van der Waals surface area contributed by atoms with E-state index in [9.17, 15) is 9.59 Å². The van der Waals surface area contributed by atoms with Crippen molar-refractivity contribution in [2.24, 2.45) is 0 Å². The summed E-state index contributed by atoms with van der Waals surface area (Å²) in [5, 5.41) is 9.23. The van der Waals surface area contributed by atoms with E-state index in [-0.39, 0.29) is 11.9 Å². The van der Waals surface area contributed by atoms with Gasteiger partial charge in [-0.05, 0) is 18.2 Å². The topological polar surface area (TPSA) is 73.5 Å². The Bertz CT molecular complexity index is 533. The Hall–Kier alpha value is -1.50. The second kappa shape index (κ2) is 6.98. The molecule has 1 aliphatic heterocycles. The first-order valence-electron chi connectivity index (χ1n) is 6.47. The highest BCUT2D eigenvalue weighted by molar-refractivity contribution is 6.35. The third-order valence-electron chi connectivity index (χ3n) is 3.17. The van der Waals surface area contributed by atoms with Crippen LogP contribution >= 0.6 is 23.2 Å². The maximum absolute atomic E-state index is 12.3. The van der Waals surface area contributed by atoms with E-state index < -0.39 is 6.04 Å². The lowest BCUT2D eigenvalue weighted by molar-refractivity contribution is -0.125. The molecule has 8 heteroatoms. The van der Waals surface area contributed by atoms with Crippen LogP contribution in [-0.2, 0) is 4.79 Å². The summed E-state index contributed by atoms with van der Waals surface area (Å²) in [7, 11) is 1.55. The van der Waals surface area contributed by atoms with E-state index in [0.29, 0.717) is 35.4 Å². The Kier molecular flexibility index (Phi) is 5.27. The summed E-state index contributed by atoms with van der Waals surface area (Å²) in [6.45, 7) is 1.50. The Balaban J connectivity index is 2.11. The summed E-state index contributed by atoms with van der Waals surface area (Å²) in [5.41, 5.74) is 0.492. The van der Waals surface area contributed by atoms with Crippen LogP contribution in [0.4, 0.5) is 10.5 Å². The molecule has 0 spiro atoms. The van der Waals surface area contributed by atoms with Crippen LogP contribution in [0.2, 0.25) is 10.0 Å². The fourth-order valence-corrected chi connectivity index (χ4v) is 2.70. The average Bonchev–Trinajstić information content (AvgIpc) is 2.45. The molecule has 114 valence electrons. The molecule has 0 saturated carbocycles. The smallest absolute Gasteiger partial charge is 0.322 e. The SMILES string of the molecule is CNC(=O)C1CNCCN1C(=O)Nc1cc(Cl)cc(Cl)c1. The van der Waals surface area contributed by atoms with Crippen LogP contribution in [0.25, 0.3) is 0 Å². The molecule has 1 aliphatic rings. The number of urea groups is 1. The minimum absolute atomic E-state index is 0.207. The van der Waals surface area contributed by atoms with Gasteiger partial charge in [0.2, 0.25) is 5.91 Å². The normalized spacial score (nSPS) is 18.2. The van der Waals surface area contributed by atoms with Gasteiger partial charge in [0.05, 0.1) is 0 Å². The highest BCUT2D eigenvalue weighted by Crippen LogP contribution is 2.23. The number of hydrogen-bond acceptors (Lipinski definition) is 3. The van der Waals surface area contributed by atoms with Gasteiger partial charge in [-0.25, -0.2) is 4.79 Å². The first kappa shape index (κ1) is 15.9. The molecule has 3 amide bonds. The van der Waals surface area contributed by atoms with Crippen LogP contribution in [0, 0.1) is 0 Å². The van der Waals surface area contributed by atoms with Crippen LogP contribution < -0.4 is 16.0 Å². The largest absolute Gasteiger partial charge is 0.357 e. The molecule has 1 aromatic carbocycles. The lowest BCUT2D eigenvalue weighted by atomic mass is 10.2.